The summed E-state index contributed by atoms with van der Waals surface area (Å²) < 4.78 is 1.13. The molecule has 0 N–H and O–H groups in total. The summed E-state index contributed by atoms with van der Waals surface area (Å²) in [5.41, 5.74) is 8.37. The van der Waals surface area contributed by atoms with E-state index in [4.69, 9.17) is 0 Å². The first-order chi connectivity index (χ1) is 12.5. The molecule has 0 aliphatic heterocycles. The second kappa shape index (κ2) is 10.9. The Morgan fingerprint density at radius 3 is 2.23 bits per heavy atom. The second-order valence-corrected chi connectivity index (χ2v) is 6.73. The predicted octanol–water partition coefficient (Wildman–Crippen LogP) is 7.94. The largest absolute Gasteiger partial charge is 0.261 e. The van der Waals surface area contributed by atoms with E-state index in [1.165, 1.54) is 27.8 Å². The quantitative estimate of drug-likeness (QED) is 0.275. The molecule has 0 heterocycles. The van der Waals surface area contributed by atoms with Gasteiger partial charge in [0.05, 0.1) is 5.70 Å². The highest BCUT2D eigenvalue weighted by Gasteiger charge is 2.11. The fourth-order valence-corrected chi connectivity index (χ4v) is 2.94. The zero-order chi connectivity index (χ0) is 19.7. The molecular formula is C24H30BrN. The second-order valence-electron chi connectivity index (χ2n) is 5.88. The van der Waals surface area contributed by atoms with Gasteiger partial charge in [-0.15, -0.1) is 0 Å². The number of allylic oxidation sites excluding steroid dienone is 2. The van der Waals surface area contributed by atoms with Crippen molar-refractivity contribution in [2.75, 3.05) is 0 Å². The molecule has 1 nitrogen and oxygen atoms in total. The Bertz CT molecular complexity index is 826. The van der Waals surface area contributed by atoms with E-state index in [1.807, 2.05) is 33.9 Å². The summed E-state index contributed by atoms with van der Waals surface area (Å²) in [5, 5.41) is 0. The molecule has 0 radical (unpaired) electrons. The molecule has 138 valence electrons. The van der Waals surface area contributed by atoms with Crippen LogP contribution < -0.4 is 0 Å². The SMILES string of the molecule is CC.CC=NC(=C\C)/C(=C\c1ccc(Br)c(C)c1)c1cccc(C)c1C. The Morgan fingerprint density at radius 2 is 1.65 bits per heavy atom. The van der Waals surface area contributed by atoms with Gasteiger partial charge in [0, 0.05) is 16.3 Å². The van der Waals surface area contributed by atoms with E-state index in [-0.39, 0.29) is 0 Å². The van der Waals surface area contributed by atoms with Gasteiger partial charge in [0.2, 0.25) is 0 Å². The molecule has 0 saturated heterocycles. The number of hydrogen-bond acceptors (Lipinski definition) is 1. The Balaban J connectivity index is 0.00000163. The van der Waals surface area contributed by atoms with Gasteiger partial charge in [0.15, 0.2) is 0 Å². The lowest BCUT2D eigenvalue weighted by molar-refractivity contribution is 1.30. The van der Waals surface area contributed by atoms with Gasteiger partial charge >= 0.3 is 0 Å². The van der Waals surface area contributed by atoms with Crippen molar-refractivity contribution >= 4 is 33.8 Å². The van der Waals surface area contributed by atoms with Gasteiger partial charge in [-0.3, -0.25) is 4.99 Å². The Hall–Kier alpha value is -1.93. The van der Waals surface area contributed by atoms with E-state index in [2.05, 4.69) is 90.2 Å². The molecule has 0 aliphatic carbocycles. The van der Waals surface area contributed by atoms with Crippen LogP contribution >= 0.6 is 15.9 Å². The van der Waals surface area contributed by atoms with Crippen LogP contribution in [-0.4, -0.2) is 6.21 Å². The normalized spacial score (nSPS) is 12.2. The topological polar surface area (TPSA) is 12.4 Å². The highest BCUT2D eigenvalue weighted by molar-refractivity contribution is 9.10. The van der Waals surface area contributed by atoms with E-state index in [0.29, 0.717) is 0 Å². The zero-order valence-electron chi connectivity index (χ0n) is 17.0. The molecule has 0 aliphatic rings. The number of hydrogen-bond donors (Lipinski definition) is 0. The molecule has 2 rings (SSSR count). The highest BCUT2D eigenvalue weighted by Crippen LogP contribution is 2.31. The van der Waals surface area contributed by atoms with Gasteiger partial charge in [-0.25, -0.2) is 0 Å². The van der Waals surface area contributed by atoms with E-state index in [0.717, 1.165) is 15.7 Å². The van der Waals surface area contributed by atoms with E-state index < -0.39 is 0 Å². The molecule has 26 heavy (non-hydrogen) atoms. The van der Waals surface area contributed by atoms with Gasteiger partial charge < -0.3 is 0 Å². The number of nitrogens with zero attached hydrogens (tertiary/aromatic N) is 1. The lowest BCUT2D eigenvalue weighted by atomic mass is 9.93. The maximum Gasteiger partial charge on any atom is 0.0661 e. The zero-order valence-corrected chi connectivity index (χ0v) is 18.6. The van der Waals surface area contributed by atoms with E-state index in [9.17, 15) is 0 Å². The minimum absolute atomic E-state index is 0.992. The van der Waals surface area contributed by atoms with Crippen molar-refractivity contribution in [3.63, 3.8) is 0 Å². The highest BCUT2D eigenvalue weighted by atomic mass is 79.9. The van der Waals surface area contributed by atoms with Gasteiger partial charge in [-0.05, 0) is 74.6 Å². The summed E-state index contributed by atoms with van der Waals surface area (Å²) >= 11 is 3.57. The summed E-state index contributed by atoms with van der Waals surface area (Å²) in [6.07, 6.45) is 6.14. The summed E-state index contributed by atoms with van der Waals surface area (Å²) in [7, 11) is 0. The molecule has 0 bridgehead atoms. The lowest BCUT2D eigenvalue weighted by Gasteiger charge is -2.14. The molecule has 0 amide bonds. The van der Waals surface area contributed by atoms with Crippen molar-refractivity contribution in [3.05, 3.63) is 80.5 Å². The summed E-state index contributed by atoms with van der Waals surface area (Å²) in [6, 6.07) is 12.9. The third-order valence-corrected chi connectivity index (χ3v) is 5.10. The van der Waals surface area contributed by atoms with Crippen LogP contribution in [0.4, 0.5) is 0 Å². The van der Waals surface area contributed by atoms with Gasteiger partial charge in [0.1, 0.15) is 0 Å². The third-order valence-electron chi connectivity index (χ3n) is 4.21. The molecule has 0 aromatic heterocycles. The van der Waals surface area contributed by atoms with Crippen LogP contribution in [0.25, 0.3) is 11.6 Å². The first-order valence-electron chi connectivity index (χ1n) is 9.17. The van der Waals surface area contributed by atoms with Gasteiger partial charge in [0.25, 0.3) is 0 Å². The van der Waals surface area contributed by atoms with Crippen LogP contribution in [0.5, 0.6) is 0 Å². The first-order valence-corrected chi connectivity index (χ1v) is 9.97. The summed E-state index contributed by atoms with van der Waals surface area (Å²) in [5.74, 6) is 0. The van der Waals surface area contributed by atoms with Crippen LogP contribution in [0, 0.1) is 20.8 Å². The minimum atomic E-state index is 0.992. The van der Waals surface area contributed by atoms with Crippen molar-refractivity contribution in [3.8, 4) is 0 Å². The summed E-state index contributed by atoms with van der Waals surface area (Å²) in [4.78, 5) is 4.58. The number of rotatable bonds is 4. The van der Waals surface area contributed by atoms with E-state index >= 15 is 0 Å². The van der Waals surface area contributed by atoms with Crippen molar-refractivity contribution in [1.82, 2.24) is 0 Å². The maximum absolute atomic E-state index is 4.58. The van der Waals surface area contributed by atoms with Gasteiger partial charge in [-0.1, -0.05) is 66.2 Å². The fraction of sp³-hybridized carbons (Fsp3) is 0.292. The Morgan fingerprint density at radius 1 is 0.962 bits per heavy atom. The van der Waals surface area contributed by atoms with Crippen molar-refractivity contribution in [1.29, 1.82) is 0 Å². The van der Waals surface area contributed by atoms with Crippen LogP contribution in [0.1, 0.15) is 55.5 Å². The minimum Gasteiger partial charge on any atom is -0.261 e. The third kappa shape index (κ3) is 5.54. The Labute approximate surface area is 167 Å². The van der Waals surface area contributed by atoms with Crippen LogP contribution in [0.15, 0.2) is 57.6 Å². The van der Waals surface area contributed by atoms with Crippen LogP contribution in [-0.2, 0) is 0 Å². The molecular weight excluding hydrogens is 382 g/mol. The molecule has 2 heteroatoms. The predicted molar refractivity (Wildman–Crippen MR) is 122 cm³/mol. The fourth-order valence-electron chi connectivity index (χ4n) is 2.70. The average Bonchev–Trinajstić information content (AvgIpc) is 2.65. The standard InChI is InChI=1S/C22H24BrN.C2H6/c1-6-22(24-7-2)20(19-10-8-9-15(3)17(19)5)14-18-11-12-21(23)16(4)13-18;1-2/h6-14H,1-5H3;1-2H3/b20-14-,22-6-,24-7?;. The Kier molecular flexibility index (Phi) is 9.29. The number of aryl methyl sites for hydroxylation is 2. The maximum atomic E-state index is 4.58. The number of aliphatic imine (C=N–C) groups is 1. The van der Waals surface area contributed by atoms with Crippen LogP contribution in [0.3, 0.4) is 0 Å². The van der Waals surface area contributed by atoms with Crippen molar-refractivity contribution in [2.45, 2.75) is 48.5 Å². The molecule has 0 saturated carbocycles. The smallest absolute Gasteiger partial charge is 0.0661 e. The molecule has 2 aromatic carbocycles. The molecule has 0 fully saturated rings. The lowest BCUT2D eigenvalue weighted by Crippen LogP contribution is -1.95. The molecule has 0 spiro atoms. The molecule has 0 unspecified atom stereocenters. The summed E-state index contributed by atoms with van der Waals surface area (Å²) in [6.45, 7) is 14.4. The molecule has 2 aromatic rings. The number of benzene rings is 2. The average molecular weight is 412 g/mol. The van der Waals surface area contributed by atoms with Crippen molar-refractivity contribution in [2.24, 2.45) is 4.99 Å². The first kappa shape index (κ1) is 22.1. The van der Waals surface area contributed by atoms with Gasteiger partial charge in [-0.2, -0.15) is 0 Å². The van der Waals surface area contributed by atoms with Crippen LogP contribution in [0.2, 0.25) is 0 Å². The van der Waals surface area contributed by atoms with Crippen molar-refractivity contribution < 1.29 is 0 Å². The number of halogens is 1. The monoisotopic (exact) mass is 411 g/mol. The van der Waals surface area contributed by atoms with E-state index in [1.54, 1.807) is 0 Å². The molecule has 0 atom stereocenters.